The molecule has 2 aliphatic rings. The molecule has 0 spiro atoms. The van der Waals surface area contributed by atoms with Gasteiger partial charge in [-0.25, -0.2) is 13.2 Å². The number of nitrogens with zero attached hydrogens (tertiary/aromatic N) is 2. The van der Waals surface area contributed by atoms with Crippen LogP contribution in [0.25, 0.3) is 0 Å². The highest BCUT2D eigenvalue weighted by atomic mass is 32.2. The van der Waals surface area contributed by atoms with E-state index in [2.05, 4.69) is 5.32 Å². The summed E-state index contributed by atoms with van der Waals surface area (Å²) in [5.74, 6) is -0.647. The largest absolute Gasteiger partial charge is 0.450 e. The molecule has 0 radical (unpaired) electrons. The van der Waals surface area contributed by atoms with Crippen molar-refractivity contribution in [2.75, 3.05) is 37.7 Å². The van der Waals surface area contributed by atoms with E-state index in [1.807, 2.05) is 0 Å². The van der Waals surface area contributed by atoms with Crippen LogP contribution < -0.4 is 5.32 Å². The molecule has 0 aromatic carbocycles. The molecule has 0 aromatic rings. The molecule has 148 valence electrons. The molecule has 1 unspecified atom stereocenters. The van der Waals surface area contributed by atoms with Gasteiger partial charge in [-0.05, 0) is 26.2 Å². The zero-order valence-corrected chi connectivity index (χ0v) is 16.1. The highest BCUT2D eigenvalue weighted by Gasteiger charge is 2.34. The van der Waals surface area contributed by atoms with Crippen molar-refractivity contribution < 1.29 is 27.5 Å². The van der Waals surface area contributed by atoms with Gasteiger partial charge in [0.05, 0.1) is 24.7 Å². The normalized spacial score (nSPS) is 22.7. The molecule has 2 saturated heterocycles. The van der Waals surface area contributed by atoms with E-state index in [0.29, 0.717) is 39.0 Å². The topological polar surface area (TPSA) is 113 Å². The Morgan fingerprint density at radius 3 is 2.35 bits per heavy atom. The maximum absolute atomic E-state index is 12.3. The summed E-state index contributed by atoms with van der Waals surface area (Å²) in [6.07, 6.45) is 1.25. The van der Waals surface area contributed by atoms with Crippen molar-refractivity contribution >= 4 is 27.7 Å². The lowest BCUT2D eigenvalue weighted by Gasteiger charge is -2.32. The fraction of sp³-hybridized carbons (Fsp3) is 0.812. The molecule has 2 heterocycles. The van der Waals surface area contributed by atoms with E-state index < -0.39 is 15.9 Å². The molecule has 26 heavy (non-hydrogen) atoms. The predicted octanol–water partition coefficient (Wildman–Crippen LogP) is -0.241. The SMILES string of the molecule is CCOC(=O)N1CCC(NC(=O)CN(C(C)=O)C2CCS(=O)(=O)C2)CC1. The van der Waals surface area contributed by atoms with Gasteiger partial charge in [-0.3, -0.25) is 9.59 Å². The summed E-state index contributed by atoms with van der Waals surface area (Å²) < 4.78 is 28.2. The molecule has 0 aromatic heterocycles. The quantitative estimate of drug-likeness (QED) is 0.694. The van der Waals surface area contributed by atoms with E-state index in [1.54, 1.807) is 11.8 Å². The van der Waals surface area contributed by atoms with E-state index in [0.717, 1.165) is 0 Å². The first-order chi connectivity index (χ1) is 12.2. The van der Waals surface area contributed by atoms with Crippen molar-refractivity contribution in [1.82, 2.24) is 15.1 Å². The number of hydrogen-bond acceptors (Lipinski definition) is 6. The number of sulfone groups is 1. The summed E-state index contributed by atoms with van der Waals surface area (Å²) in [5, 5.41) is 2.88. The van der Waals surface area contributed by atoms with Crippen LogP contribution in [0.2, 0.25) is 0 Å². The van der Waals surface area contributed by atoms with Crippen LogP contribution in [-0.4, -0.2) is 86.0 Å². The molecule has 1 atom stereocenters. The Morgan fingerprint density at radius 1 is 1.19 bits per heavy atom. The number of hydrogen-bond donors (Lipinski definition) is 1. The summed E-state index contributed by atoms with van der Waals surface area (Å²) in [6, 6.07) is -0.511. The van der Waals surface area contributed by atoms with Crippen molar-refractivity contribution in [1.29, 1.82) is 0 Å². The zero-order valence-electron chi connectivity index (χ0n) is 15.3. The molecule has 0 bridgehead atoms. The minimum Gasteiger partial charge on any atom is -0.450 e. The molecule has 2 rings (SSSR count). The van der Waals surface area contributed by atoms with E-state index in [4.69, 9.17) is 4.74 Å². The maximum Gasteiger partial charge on any atom is 0.409 e. The Balaban J connectivity index is 1.82. The molecule has 0 aliphatic carbocycles. The highest BCUT2D eigenvalue weighted by Crippen LogP contribution is 2.18. The van der Waals surface area contributed by atoms with Gasteiger partial charge in [0.1, 0.15) is 0 Å². The number of likely N-dealkylation sites (tertiary alicyclic amines) is 1. The predicted molar refractivity (Wildman–Crippen MR) is 94.2 cm³/mol. The Kier molecular flexibility index (Phi) is 6.85. The van der Waals surface area contributed by atoms with E-state index in [9.17, 15) is 22.8 Å². The molecule has 9 nitrogen and oxygen atoms in total. The smallest absolute Gasteiger partial charge is 0.409 e. The van der Waals surface area contributed by atoms with Crippen LogP contribution in [0.5, 0.6) is 0 Å². The Morgan fingerprint density at radius 2 is 1.85 bits per heavy atom. The molecule has 0 saturated carbocycles. The lowest BCUT2D eigenvalue weighted by Crippen LogP contribution is -2.51. The van der Waals surface area contributed by atoms with Crippen molar-refractivity contribution in [2.45, 2.75) is 45.2 Å². The van der Waals surface area contributed by atoms with Crippen LogP contribution in [0.15, 0.2) is 0 Å². The average Bonchev–Trinajstić information content (AvgIpc) is 2.93. The lowest BCUT2D eigenvalue weighted by atomic mass is 10.1. The number of piperidine rings is 1. The van der Waals surface area contributed by atoms with Crippen LogP contribution in [0, 0.1) is 0 Å². The van der Waals surface area contributed by atoms with E-state index in [1.165, 1.54) is 11.8 Å². The molecular weight excluding hydrogens is 362 g/mol. The summed E-state index contributed by atoms with van der Waals surface area (Å²) >= 11 is 0. The second-order valence-electron chi connectivity index (χ2n) is 6.73. The number of ether oxygens (including phenoxy) is 1. The number of rotatable bonds is 5. The molecular formula is C16H27N3O6S. The van der Waals surface area contributed by atoms with Crippen molar-refractivity contribution in [3.63, 3.8) is 0 Å². The third kappa shape index (κ3) is 5.58. The highest BCUT2D eigenvalue weighted by molar-refractivity contribution is 7.91. The fourth-order valence-corrected chi connectivity index (χ4v) is 5.10. The van der Waals surface area contributed by atoms with Gasteiger partial charge in [0, 0.05) is 32.1 Å². The summed E-state index contributed by atoms with van der Waals surface area (Å²) in [5.41, 5.74) is 0. The minimum absolute atomic E-state index is 0.0510. The number of amides is 3. The van der Waals surface area contributed by atoms with E-state index in [-0.39, 0.29) is 42.0 Å². The lowest BCUT2D eigenvalue weighted by molar-refractivity contribution is -0.136. The maximum atomic E-state index is 12.3. The van der Waals surface area contributed by atoms with Crippen LogP contribution in [0.4, 0.5) is 4.79 Å². The van der Waals surface area contributed by atoms with Gasteiger partial charge < -0.3 is 19.9 Å². The second-order valence-corrected chi connectivity index (χ2v) is 8.96. The second kappa shape index (κ2) is 8.70. The molecule has 2 aliphatic heterocycles. The Hall–Kier alpha value is -1.84. The standard InChI is InChI=1S/C16H27N3O6S/c1-3-25-16(22)18-7-4-13(5-8-18)17-15(21)10-19(12(2)20)14-6-9-26(23,24)11-14/h13-14H,3-11H2,1-2H3,(H,17,21). The third-order valence-corrected chi connectivity index (χ3v) is 6.50. The van der Waals surface area contributed by atoms with Gasteiger partial charge in [0.2, 0.25) is 11.8 Å². The molecule has 2 fully saturated rings. The van der Waals surface area contributed by atoms with Gasteiger partial charge in [-0.1, -0.05) is 0 Å². The zero-order chi connectivity index (χ0) is 19.3. The first-order valence-electron chi connectivity index (χ1n) is 8.90. The molecule has 10 heteroatoms. The van der Waals surface area contributed by atoms with Gasteiger partial charge >= 0.3 is 6.09 Å². The first-order valence-corrected chi connectivity index (χ1v) is 10.7. The fourth-order valence-electron chi connectivity index (χ4n) is 3.37. The molecule has 1 N–H and O–H groups in total. The minimum atomic E-state index is -3.13. The number of carbonyl (C=O) groups is 3. The average molecular weight is 389 g/mol. The van der Waals surface area contributed by atoms with Crippen molar-refractivity contribution in [2.24, 2.45) is 0 Å². The third-order valence-electron chi connectivity index (χ3n) is 4.75. The van der Waals surface area contributed by atoms with Gasteiger partial charge in [0.25, 0.3) is 0 Å². The van der Waals surface area contributed by atoms with Crippen LogP contribution in [0.1, 0.15) is 33.1 Å². The monoisotopic (exact) mass is 389 g/mol. The van der Waals surface area contributed by atoms with Gasteiger partial charge in [0.15, 0.2) is 9.84 Å². The van der Waals surface area contributed by atoms with Crippen molar-refractivity contribution in [3.05, 3.63) is 0 Å². The first kappa shape index (κ1) is 20.5. The van der Waals surface area contributed by atoms with Crippen LogP contribution >= 0.6 is 0 Å². The van der Waals surface area contributed by atoms with Crippen LogP contribution in [0.3, 0.4) is 0 Å². The van der Waals surface area contributed by atoms with E-state index >= 15 is 0 Å². The Labute approximate surface area is 153 Å². The summed E-state index contributed by atoms with van der Waals surface area (Å²) in [6.45, 7) is 4.28. The van der Waals surface area contributed by atoms with Crippen LogP contribution in [-0.2, 0) is 24.2 Å². The number of nitrogens with one attached hydrogen (secondary N) is 1. The molecule has 3 amide bonds. The summed E-state index contributed by atoms with van der Waals surface area (Å²) in [4.78, 5) is 38.8. The van der Waals surface area contributed by atoms with Gasteiger partial charge in [-0.15, -0.1) is 0 Å². The number of carbonyl (C=O) groups excluding carboxylic acids is 3. The van der Waals surface area contributed by atoms with Gasteiger partial charge in [-0.2, -0.15) is 0 Å². The van der Waals surface area contributed by atoms with Crippen molar-refractivity contribution in [3.8, 4) is 0 Å². The summed E-state index contributed by atoms with van der Waals surface area (Å²) in [7, 11) is -3.13. The Bertz CT molecular complexity index is 642.